The quantitative estimate of drug-likeness (QED) is 0.518. The number of carbonyl (C=O) groups is 1. The summed E-state index contributed by atoms with van der Waals surface area (Å²) < 4.78 is 24.1. The average Bonchev–Trinajstić information content (AvgIpc) is 3.27. The van der Waals surface area contributed by atoms with Gasteiger partial charge in [-0.25, -0.2) is 4.39 Å². The van der Waals surface area contributed by atoms with E-state index in [1.165, 1.54) is 29.5 Å². The highest BCUT2D eigenvalue weighted by Crippen LogP contribution is 2.29. The largest absolute Gasteiger partial charge is 0.493 e. The molecular weight excluding hydrogens is 389 g/mol. The summed E-state index contributed by atoms with van der Waals surface area (Å²) in [6.07, 6.45) is 3.18. The summed E-state index contributed by atoms with van der Waals surface area (Å²) in [6.45, 7) is 2.45. The molecule has 1 atom stereocenters. The first-order valence-electron chi connectivity index (χ1n) is 9.19. The number of carbonyl (C=O) groups excluding carboxylic acids is 1. The van der Waals surface area contributed by atoms with Gasteiger partial charge < -0.3 is 14.8 Å². The third-order valence-corrected chi connectivity index (χ3v) is 5.17. The molecular formula is C23H22FNO3S. The highest BCUT2D eigenvalue weighted by Gasteiger charge is 2.17. The van der Waals surface area contributed by atoms with Crippen molar-refractivity contribution in [2.75, 3.05) is 13.7 Å². The minimum absolute atomic E-state index is 0.249. The summed E-state index contributed by atoms with van der Waals surface area (Å²) in [7, 11) is 1.58. The lowest BCUT2D eigenvalue weighted by Gasteiger charge is -2.17. The first kappa shape index (κ1) is 20.6. The van der Waals surface area contributed by atoms with Crippen LogP contribution in [0.2, 0.25) is 0 Å². The highest BCUT2D eigenvalue weighted by atomic mass is 32.1. The predicted octanol–water partition coefficient (Wildman–Crippen LogP) is 5.21. The van der Waals surface area contributed by atoms with Crippen molar-refractivity contribution < 1.29 is 18.7 Å². The second-order valence-corrected chi connectivity index (χ2v) is 7.16. The normalized spacial score (nSPS) is 12.0. The van der Waals surface area contributed by atoms with Gasteiger partial charge in [-0.1, -0.05) is 24.3 Å². The first-order chi connectivity index (χ1) is 14.1. The lowest BCUT2D eigenvalue weighted by Crippen LogP contribution is -2.27. The maximum absolute atomic E-state index is 13.3. The Morgan fingerprint density at radius 3 is 2.62 bits per heavy atom. The molecule has 3 rings (SSSR count). The van der Waals surface area contributed by atoms with Gasteiger partial charge in [0.05, 0.1) is 19.8 Å². The van der Waals surface area contributed by atoms with Gasteiger partial charge in [-0.3, -0.25) is 4.79 Å². The lowest BCUT2D eigenvalue weighted by atomic mass is 10.1. The molecule has 1 amide bonds. The molecule has 2 aromatic carbocycles. The van der Waals surface area contributed by atoms with E-state index in [0.717, 1.165) is 16.0 Å². The standard InChI is InChI=1S/C23H22FNO3S/c1-3-28-19-12-6-16(15-20(19)27-2)7-13-22(26)25-23(21-5-4-14-29-21)17-8-10-18(24)11-9-17/h4-15,23H,3H2,1-2H3,(H,25,26)/b13-7+. The third kappa shape index (κ3) is 5.45. The smallest absolute Gasteiger partial charge is 0.244 e. The van der Waals surface area contributed by atoms with Gasteiger partial charge in [-0.15, -0.1) is 11.3 Å². The van der Waals surface area contributed by atoms with Crippen LogP contribution in [0.15, 0.2) is 66.1 Å². The molecule has 0 saturated heterocycles. The summed E-state index contributed by atoms with van der Waals surface area (Å²) >= 11 is 1.53. The number of hydrogen-bond donors (Lipinski definition) is 1. The van der Waals surface area contributed by atoms with Crippen LogP contribution in [0.4, 0.5) is 4.39 Å². The summed E-state index contributed by atoms with van der Waals surface area (Å²) in [5.74, 6) is 0.706. The van der Waals surface area contributed by atoms with Gasteiger partial charge in [-0.05, 0) is 59.8 Å². The van der Waals surface area contributed by atoms with Crippen molar-refractivity contribution in [3.8, 4) is 11.5 Å². The first-order valence-corrected chi connectivity index (χ1v) is 10.1. The molecule has 29 heavy (non-hydrogen) atoms. The van der Waals surface area contributed by atoms with Gasteiger partial charge in [-0.2, -0.15) is 0 Å². The van der Waals surface area contributed by atoms with Gasteiger partial charge in [0.2, 0.25) is 5.91 Å². The molecule has 0 radical (unpaired) electrons. The zero-order chi connectivity index (χ0) is 20.6. The zero-order valence-electron chi connectivity index (χ0n) is 16.2. The summed E-state index contributed by atoms with van der Waals surface area (Å²) in [5.41, 5.74) is 1.63. The molecule has 150 valence electrons. The Labute approximate surface area is 173 Å². The van der Waals surface area contributed by atoms with Crippen LogP contribution in [-0.4, -0.2) is 19.6 Å². The van der Waals surface area contributed by atoms with E-state index in [-0.39, 0.29) is 17.8 Å². The third-order valence-electron chi connectivity index (χ3n) is 4.23. The number of nitrogens with one attached hydrogen (secondary N) is 1. The second-order valence-electron chi connectivity index (χ2n) is 6.19. The van der Waals surface area contributed by atoms with Crippen molar-refractivity contribution >= 4 is 23.3 Å². The van der Waals surface area contributed by atoms with Crippen LogP contribution in [0.25, 0.3) is 6.08 Å². The van der Waals surface area contributed by atoms with Gasteiger partial charge in [0.1, 0.15) is 5.82 Å². The molecule has 1 aromatic heterocycles. The Morgan fingerprint density at radius 2 is 1.97 bits per heavy atom. The molecule has 4 nitrogen and oxygen atoms in total. The van der Waals surface area contributed by atoms with Crippen molar-refractivity contribution in [1.82, 2.24) is 5.32 Å². The number of rotatable bonds is 8. The van der Waals surface area contributed by atoms with Gasteiger partial charge in [0.25, 0.3) is 0 Å². The Kier molecular flexibility index (Phi) is 7.03. The van der Waals surface area contributed by atoms with E-state index in [4.69, 9.17) is 9.47 Å². The molecule has 0 saturated carbocycles. The van der Waals surface area contributed by atoms with Gasteiger partial charge >= 0.3 is 0 Å². The van der Waals surface area contributed by atoms with E-state index >= 15 is 0 Å². The van der Waals surface area contributed by atoms with Crippen LogP contribution < -0.4 is 14.8 Å². The van der Waals surface area contributed by atoms with Crippen molar-refractivity contribution in [2.24, 2.45) is 0 Å². The van der Waals surface area contributed by atoms with Gasteiger partial charge in [0, 0.05) is 11.0 Å². The van der Waals surface area contributed by atoms with Crippen molar-refractivity contribution in [2.45, 2.75) is 13.0 Å². The average molecular weight is 411 g/mol. The number of thiophene rings is 1. The van der Waals surface area contributed by atoms with Crippen LogP contribution >= 0.6 is 11.3 Å². The number of halogens is 1. The Hall–Kier alpha value is -3.12. The Bertz CT molecular complexity index is 968. The molecule has 0 aliphatic rings. The zero-order valence-corrected chi connectivity index (χ0v) is 17.0. The van der Waals surface area contributed by atoms with Crippen LogP contribution in [0.3, 0.4) is 0 Å². The minimum atomic E-state index is -0.345. The van der Waals surface area contributed by atoms with E-state index in [1.807, 2.05) is 42.6 Å². The maximum atomic E-state index is 13.3. The van der Waals surface area contributed by atoms with E-state index in [0.29, 0.717) is 18.1 Å². The molecule has 0 aliphatic carbocycles. The molecule has 1 N–H and O–H groups in total. The summed E-state index contributed by atoms with van der Waals surface area (Å²) in [6, 6.07) is 15.1. The SMILES string of the molecule is CCOc1ccc(/C=C/C(=O)NC(c2ccc(F)cc2)c2cccs2)cc1OC. The van der Waals surface area contributed by atoms with Crippen LogP contribution in [0.1, 0.15) is 29.0 Å². The van der Waals surface area contributed by atoms with Crippen LogP contribution in [-0.2, 0) is 4.79 Å². The van der Waals surface area contributed by atoms with Crippen molar-refractivity contribution in [3.05, 3.63) is 87.9 Å². The van der Waals surface area contributed by atoms with Crippen molar-refractivity contribution in [1.29, 1.82) is 0 Å². The molecule has 0 spiro atoms. The topological polar surface area (TPSA) is 47.6 Å². The van der Waals surface area contributed by atoms with E-state index in [9.17, 15) is 9.18 Å². The number of ether oxygens (including phenoxy) is 2. The predicted molar refractivity (Wildman–Crippen MR) is 114 cm³/mol. The molecule has 3 aromatic rings. The minimum Gasteiger partial charge on any atom is -0.493 e. The summed E-state index contributed by atoms with van der Waals surface area (Å²) in [4.78, 5) is 13.5. The van der Waals surface area contributed by atoms with Crippen molar-refractivity contribution in [3.63, 3.8) is 0 Å². The van der Waals surface area contributed by atoms with Gasteiger partial charge in [0.15, 0.2) is 11.5 Å². The molecule has 1 unspecified atom stereocenters. The fourth-order valence-corrected chi connectivity index (χ4v) is 3.66. The molecule has 1 heterocycles. The fourth-order valence-electron chi connectivity index (χ4n) is 2.85. The fraction of sp³-hybridized carbons (Fsp3) is 0.174. The Balaban J connectivity index is 1.76. The van der Waals surface area contributed by atoms with E-state index < -0.39 is 0 Å². The van der Waals surface area contributed by atoms with Crippen LogP contribution in [0, 0.1) is 5.82 Å². The van der Waals surface area contributed by atoms with E-state index in [2.05, 4.69) is 5.32 Å². The summed E-state index contributed by atoms with van der Waals surface area (Å²) in [5, 5.41) is 4.94. The number of benzene rings is 2. The maximum Gasteiger partial charge on any atom is 0.244 e. The lowest BCUT2D eigenvalue weighted by molar-refractivity contribution is -0.116. The second kappa shape index (κ2) is 9.89. The molecule has 0 bridgehead atoms. The molecule has 0 fully saturated rings. The highest BCUT2D eigenvalue weighted by molar-refractivity contribution is 7.10. The number of hydrogen-bond acceptors (Lipinski definition) is 4. The molecule has 0 aliphatic heterocycles. The number of methoxy groups -OCH3 is 1. The van der Waals surface area contributed by atoms with Crippen LogP contribution in [0.5, 0.6) is 11.5 Å². The molecule has 6 heteroatoms. The Morgan fingerprint density at radius 1 is 1.17 bits per heavy atom. The number of amides is 1. The van der Waals surface area contributed by atoms with E-state index in [1.54, 1.807) is 25.3 Å². The monoisotopic (exact) mass is 411 g/mol.